The lowest BCUT2D eigenvalue weighted by atomic mass is 10.1. The van der Waals surface area contributed by atoms with Gasteiger partial charge in [0, 0.05) is 62.8 Å². The quantitative estimate of drug-likeness (QED) is 0.521. The highest BCUT2D eigenvalue weighted by atomic mass is 16.5. The summed E-state index contributed by atoms with van der Waals surface area (Å²) in [6, 6.07) is 4.27. The van der Waals surface area contributed by atoms with E-state index in [1.165, 1.54) is 12.3 Å². The van der Waals surface area contributed by atoms with Crippen molar-refractivity contribution in [2.75, 3.05) is 46.4 Å². The lowest BCUT2D eigenvalue weighted by Gasteiger charge is -2.39. The molecule has 36 heavy (non-hydrogen) atoms. The fourth-order valence-corrected chi connectivity index (χ4v) is 4.94. The zero-order chi connectivity index (χ0) is 25.2. The van der Waals surface area contributed by atoms with Crippen LogP contribution in [0.4, 0.5) is 4.79 Å². The van der Waals surface area contributed by atoms with E-state index in [0.717, 1.165) is 24.0 Å². The third-order valence-corrected chi connectivity index (χ3v) is 7.00. The molecule has 0 spiro atoms. The lowest BCUT2D eigenvalue weighted by molar-refractivity contribution is -0.127. The number of piperidine rings is 1. The van der Waals surface area contributed by atoms with E-state index in [0.29, 0.717) is 56.1 Å². The van der Waals surface area contributed by atoms with Gasteiger partial charge in [-0.1, -0.05) is 6.58 Å². The molecule has 11 heteroatoms. The number of ether oxygens (including phenoxy) is 1. The minimum absolute atomic E-state index is 0.0386. The molecular weight excluding hydrogens is 460 g/mol. The van der Waals surface area contributed by atoms with Gasteiger partial charge in [0.15, 0.2) is 0 Å². The molecule has 0 aliphatic carbocycles. The number of nitriles is 1. The van der Waals surface area contributed by atoms with Crippen LogP contribution in [-0.2, 0) is 4.79 Å². The summed E-state index contributed by atoms with van der Waals surface area (Å²) in [6.07, 6.45) is 10.2. The van der Waals surface area contributed by atoms with Gasteiger partial charge in [0.1, 0.15) is 22.9 Å². The smallest absolute Gasteiger partial charge is 0.320 e. The number of rotatable bonds is 4. The van der Waals surface area contributed by atoms with Crippen LogP contribution in [-0.4, -0.2) is 92.4 Å². The molecule has 0 bridgehead atoms. The zero-order valence-corrected chi connectivity index (χ0v) is 20.2. The van der Waals surface area contributed by atoms with E-state index in [1.807, 2.05) is 39.1 Å². The van der Waals surface area contributed by atoms with Crippen LogP contribution in [0.15, 0.2) is 43.5 Å². The van der Waals surface area contributed by atoms with Gasteiger partial charge in [0.05, 0.1) is 25.5 Å². The van der Waals surface area contributed by atoms with E-state index in [-0.39, 0.29) is 18.0 Å². The Morgan fingerprint density at radius 1 is 1.03 bits per heavy atom. The Morgan fingerprint density at radius 2 is 1.72 bits per heavy atom. The number of hydrogen-bond donors (Lipinski definition) is 0. The van der Waals surface area contributed by atoms with Gasteiger partial charge in [-0.3, -0.25) is 9.48 Å². The number of pyridine rings is 1. The predicted octanol–water partition coefficient (Wildman–Crippen LogP) is 2.17. The largest absolute Gasteiger partial charge is 0.494 e. The minimum Gasteiger partial charge on any atom is -0.494 e. The summed E-state index contributed by atoms with van der Waals surface area (Å²) in [7, 11) is 1.58. The number of likely N-dealkylation sites (tertiary alicyclic amines) is 1. The second-order valence-corrected chi connectivity index (χ2v) is 8.99. The van der Waals surface area contributed by atoms with Gasteiger partial charge in [-0.2, -0.15) is 15.5 Å². The van der Waals surface area contributed by atoms with Crippen LogP contribution in [0.25, 0.3) is 16.6 Å². The number of carbonyl (C=O) groups excluding carboxylic acids is 2. The zero-order valence-electron chi connectivity index (χ0n) is 20.2. The third kappa shape index (κ3) is 4.26. The first kappa shape index (κ1) is 23.4. The van der Waals surface area contributed by atoms with Crippen LogP contribution in [0.5, 0.6) is 5.75 Å². The summed E-state index contributed by atoms with van der Waals surface area (Å²) in [4.78, 5) is 30.2. The normalized spacial score (nSPS) is 16.7. The number of hydrogen-bond acceptors (Lipinski definition) is 6. The Labute approximate surface area is 208 Å². The molecule has 3 aromatic rings. The molecule has 5 rings (SSSR count). The van der Waals surface area contributed by atoms with Gasteiger partial charge in [0.25, 0.3) is 0 Å². The van der Waals surface area contributed by atoms with Gasteiger partial charge < -0.3 is 19.4 Å². The topological polar surface area (TPSA) is 112 Å². The molecule has 3 amide bonds. The van der Waals surface area contributed by atoms with Crippen molar-refractivity contribution in [3.63, 3.8) is 0 Å². The Bertz CT molecular complexity index is 1340. The fourth-order valence-electron chi connectivity index (χ4n) is 4.94. The number of fused-ring (bicyclic) bond motifs is 1. The molecule has 2 fully saturated rings. The maximum Gasteiger partial charge on any atom is 0.320 e. The first-order chi connectivity index (χ1) is 17.5. The van der Waals surface area contributed by atoms with E-state index >= 15 is 0 Å². The Balaban J connectivity index is 1.22. The molecule has 0 radical (unpaired) electrons. The van der Waals surface area contributed by atoms with Crippen LogP contribution in [0.1, 0.15) is 24.4 Å². The van der Waals surface area contributed by atoms with E-state index in [1.54, 1.807) is 16.5 Å². The number of methoxy groups -OCH3 is 1. The van der Waals surface area contributed by atoms with Gasteiger partial charge in [-0.25, -0.2) is 9.31 Å². The van der Waals surface area contributed by atoms with Gasteiger partial charge in [-0.15, -0.1) is 0 Å². The summed E-state index contributed by atoms with van der Waals surface area (Å²) in [5.74, 6) is 0.493. The van der Waals surface area contributed by atoms with Gasteiger partial charge in [-0.05, 0) is 25.0 Å². The molecule has 0 unspecified atom stereocenters. The third-order valence-electron chi connectivity index (χ3n) is 7.00. The second-order valence-electron chi connectivity index (χ2n) is 8.99. The predicted molar refractivity (Wildman–Crippen MR) is 131 cm³/mol. The highest BCUT2D eigenvalue weighted by Gasteiger charge is 2.30. The van der Waals surface area contributed by atoms with Crippen molar-refractivity contribution in [3.05, 3.63) is 49.1 Å². The summed E-state index contributed by atoms with van der Waals surface area (Å²) in [5.41, 5.74) is 2.92. The van der Waals surface area contributed by atoms with Crippen LogP contribution < -0.4 is 4.74 Å². The molecule has 5 heterocycles. The molecule has 0 N–H and O–H groups in total. The highest BCUT2D eigenvalue weighted by Crippen LogP contribution is 2.31. The molecule has 0 saturated carbocycles. The van der Waals surface area contributed by atoms with Crippen LogP contribution in [0.2, 0.25) is 0 Å². The highest BCUT2D eigenvalue weighted by molar-refractivity contribution is 5.87. The van der Waals surface area contributed by atoms with Crippen molar-refractivity contribution in [2.45, 2.75) is 18.9 Å². The number of piperazine rings is 1. The number of amides is 3. The van der Waals surface area contributed by atoms with Crippen LogP contribution in [0, 0.1) is 11.3 Å². The summed E-state index contributed by atoms with van der Waals surface area (Å²) in [6.45, 7) is 7.01. The summed E-state index contributed by atoms with van der Waals surface area (Å²) >= 11 is 0. The first-order valence-electron chi connectivity index (χ1n) is 12.0. The molecule has 2 saturated heterocycles. The molecule has 0 aromatic carbocycles. The standard InChI is InChI=1S/C25H28N8O3/c1-3-23(34)29-8-10-31(11-9-29)25(35)30-6-4-21(5-7-30)32-17-20(15-27-32)18-12-22(36-2)24-19(13-26)14-28-33(24)16-18/h3,12,14-17,21H,1,4-11H2,2H3. The van der Waals surface area contributed by atoms with Crippen LogP contribution >= 0.6 is 0 Å². The van der Waals surface area contributed by atoms with Crippen molar-refractivity contribution in [1.82, 2.24) is 34.1 Å². The Kier molecular flexibility index (Phi) is 6.33. The van der Waals surface area contributed by atoms with Crippen molar-refractivity contribution >= 4 is 17.5 Å². The molecule has 186 valence electrons. The average Bonchev–Trinajstić information content (AvgIpc) is 3.59. The van der Waals surface area contributed by atoms with Crippen molar-refractivity contribution in [2.24, 2.45) is 0 Å². The van der Waals surface area contributed by atoms with Crippen molar-refractivity contribution in [3.8, 4) is 22.9 Å². The second kappa shape index (κ2) is 9.73. The SMILES string of the molecule is C=CC(=O)N1CCN(C(=O)N2CCC(n3cc(-c4cc(OC)c5c(C#N)cnn5c4)cn3)CC2)CC1. The monoisotopic (exact) mass is 488 g/mol. The molecular formula is C25H28N8O3. The first-order valence-corrected chi connectivity index (χ1v) is 12.0. The molecule has 3 aromatic heterocycles. The fraction of sp³-hybridized carbons (Fsp3) is 0.400. The average molecular weight is 489 g/mol. The summed E-state index contributed by atoms with van der Waals surface area (Å²) < 4.78 is 9.14. The number of urea groups is 1. The lowest BCUT2D eigenvalue weighted by Crippen LogP contribution is -2.55. The van der Waals surface area contributed by atoms with E-state index in [4.69, 9.17) is 4.74 Å². The molecule has 11 nitrogen and oxygen atoms in total. The van der Waals surface area contributed by atoms with Crippen LogP contribution in [0.3, 0.4) is 0 Å². The van der Waals surface area contributed by atoms with Crippen molar-refractivity contribution < 1.29 is 14.3 Å². The Morgan fingerprint density at radius 3 is 2.39 bits per heavy atom. The number of carbonyl (C=O) groups is 2. The number of nitrogens with zero attached hydrogens (tertiary/aromatic N) is 8. The van der Waals surface area contributed by atoms with Crippen molar-refractivity contribution in [1.29, 1.82) is 5.26 Å². The molecule has 2 aliphatic rings. The van der Waals surface area contributed by atoms with Gasteiger partial charge in [0.2, 0.25) is 5.91 Å². The van der Waals surface area contributed by atoms with Gasteiger partial charge >= 0.3 is 6.03 Å². The van der Waals surface area contributed by atoms with E-state index < -0.39 is 0 Å². The Hall–Kier alpha value is -4.33. The molecule has 0 atom stereocenters. The summed E-state index contributed by atoms with van der Waals surface area (Å²) in [5, 5.41) is 18.2. The number of aromatic nitrogens is 4. The maximum absolute atomic E-state index is 13.0. The molecule has 2 aliphatic heterocycles. The maximum atomic E-state index is 13.0. The van der Waals surface area contributed by atoms with E-state index in [2.05, 4.69) is 22.8 Å². The minimum atomic E-state index is -0.0867. The van der Waals surface area contributed by atoms with E-state index in [9.17, 15) is 14.9 Å².